The van der Waals surface area contributed by atoms with Gasteiger partial charge in [-0.2, -0.15) is 0 Å². The summed E-state index contributed by atoms with van der Waals surface area (Å²) in [5.74, 6) is -0.0724. The predicted octanol–water partition coefficient (Wildman–Crippen LogP) is 0.886. The van der Waals surface area contributed by atoms with Crippen LogP contribution in [-0.4, -0.2) is 18.5 Å². The lowest BCUT2D eigenvalue weighted by Crippen LogP contribution is -2.45. The fourth-order valence-corrected chi connectivity index (χ4v) is 1.18. The van der Waals surface area contributed by atoms with Crippen molar-refractivity contribution in [3.05, 3.63) is 0 Å². The summed E-state index contributed by atoms with van der Waals surface area (Å²) >= 11 is 0. The Morgan fingerprint density at radius 1 is 1.50 bits per heavy atom. The van der Waals surface area contributed by atoms with Crippen LogP contribution in [0.15, 0.2) is 0 Å². The van der Waals surface area contributed by atoms with Gasteiger partial charge in [0.2, 0.25) is 5.91 Å². The maximum absolute atomic E-state index is 11.0. The van der Waals surface area contributed by atoms with Gasteiger partial charge in [-0.1, -0.05) is 27.7 Å². The van der Waals surface area contributed by atoms with Gasteiger partial charge in [-0.3, -0.25) is 4.79 Å². The van der Waals surface area contributed by atoms with Crippen LogP contribution in [0.5, 0.6) is 0 Å². The minimum atomic E-state index is -0.0724. The molecule has 0 aromatic heterocycles. The minimum Gasteiger partial charge on any atom is -0.352 e. The Kier molecular flexibility index (Phi) is 4.24. The lowest BCUT2D eigenvalue weighted by Gasteiger charge is -2.30. The molecule has 0 aromatic rings. The summed E-state index contributed by atoms with van der Waals surface area (Å²) in [6.45, 7) is 8.47. The van der Waals surface area contributed by atoms with Gasteiger partial charge in [0.15, 0.2) is 0 Å². The van der Waals surface area contributed by atoms with Gasteiger partial charge in [0.05, 0.1) is 6.54 Å². The zero-order valence-corrected chi connectivity index (χ0v) is 8.48. The second-order valence-electron chi connectivity index (χ2n) is 4.10. The molecule has 0 heterocycles. The van der Waals surface area contributed by atoms with Crippen molar-refractivity contribution in [3.8, 4) is 0 Å². The first-order chi connectivity index (χ1) is 5.41. The topological polar surface area (TPSA) is 55.1 Å². The zero-order chi connectivity index (χ0) is 9.78. The molecule has 0 radical (unpaired) electrons. The van der Waals surface area contributed by atoms with Crippen LogP contribution in [0.1, 0.15) is 34.1 Å². The third kappa shape index (κ3) is 3.72. The average Bonchev–Trinajstić information content (AvgIpc) is 1.97. The second-order valence-corrected chi connectivity index (χ2v) is 4.10. The van der Waals surface area contributed by atoms with E-state index in [0.29, 0.717) is 0 Å². The highest BCUT2D eigenvalue weighted by Gasteiger charge is 2.23. The Hall–Kier alpha value is -0.570. The van der Waals surface area contributed by atoms with Gasteiger partial charge in [-0.05, 0) is 11.8 Å². The van der Waals surface area contributed by atoms with E-state index in [4.69, 9.17) is 5.73 Å². The van der Waals surface area contributed by atoms with Crippen molar-refractivity contribution in [1.82, 2.24) is 5.32 Å². The number of hydrogen-bond acceptors (Lipinski definition) is 2. The highest BCUT2D eigenvalue weighted by molar-refractivity contribution is 5.78. The SMILES string of the molecule is CCC(NC(=O)CN)C(C)(C)C. The molecule has 1 unspecified atom stereocenters. The van der Waals surface area contributed by atoms with E-state index in [9.17, 15) is 4.79 Å². The molecule has 1 atom stereocenters. The molecule has 0 bridgehead atoms. The Balaban J connectivity index is 4.09. The van der Waals surface area contributed by atoms with Gasteiger partial charge in [0.25, 0.3) is 0 Å². The number of hydrogen-bond donors (Lipinski definition) is 2. The first kappa shape index (κ1) is 11.4. The monoisotopic (exact) mass is 172 g/mol. The molecular formula is C9H20N2O. The minimum absolute atomic E-state index is 0.0724. The Bertz CT molecular complexity index is 149. The molecule has 0 rings (SSSR count). The van der Waals surface area contributed by atoms with E-state index >= 15 is 0 Å². The lowest BCUT2D eigenvalue weighted by atomic mass is 9.85. The molecule has 0 aliphatic rings. The smallest absolute Gasteiger partial charge is 0.233 e. The van der Waals surface area contributed by atoms with Crippen LogP contribution in [0.25, 0.3) is 0 Å². The summed E-state index contributed by atoms with van der Waals surface area (Å²) in [5, 5.41) is 2.89. The maximum Gasteiger partial charge on any atom is 0.233 e. The van der Waals surface area contributed by atoms with Crippen molar-refractivity contribution in [1.29, 1.82) is 0 Å². The van der Waals surface area contributed by atoms with E-state index in [-0.39, 0.29) is 23.9 Å². The summed E-state index contributed by atoms with van der Waals surface area (Å²) in [6, 6.07) is 0.216. The molecule has 3 nitrogen and oxygen atoms in total. The summed E-state index contributed by atoms with van der Waals surface area (Å²) in [5.41, 5.74) is 5.32. The van der Waals surface area contributed by atoms with E-state index in [1.54, 1.807) is 0 Å². The summed E-state index contributed by atoms with van der Waals surface area (Å²) in [7, 11) is 0. The number of amides is 1. The summed E-state index contributed by atoms with van der Waals surface area (Å²) in [6.07, 6.45) is 0.940. The van der Waals surface area contributed by atoms with Gasteiger partial charge in [-0.25, -0.2) is 0 Å². The predicted molar refractivity (Wildman–Crippen MR) is 50.7 cm³/mol. The molecule has 1 amide bonds. The van der Waals surface area contributed by atoms with E-state index in [2.05, 4.69) is 33.0 Å². The van der Waals surface area contributed by atoms with Crippen molar-refractivity contribution < 1.29 is 4.79 Å². The third-order valence-electron chi connectivity index (χ3n) is 1.97. The molecule has 0 fully saturated rings. The molecule has 72 valence electrons. The van der Waals surface area contributed by atoms with Crippen LogP contribution in [0, 0.1) is 5.41 Å². The first-order valence-electron chi connectivity index (χ1n) is 4.41. The van der Waals surface area contributed by atoms with Gasteiger partial charge < -0.3 is 11.1 Å². The van der Waals surface area contributed by atoms with E-state index in [0.717, 1.165) is 6.42 Å². The first-order valence-corrected chi connectivity index (χ1v) is 4.41. The van der Waals surface area contributed by atoms with Crippen LogP contribution in [0.3, 0.4) is 0 Å². The molecule has 0 aromatic carbocycles. The molecule has 3 heteroatoms. The Morgan fingerprint density at radius 2 is 2.00 bits per heavy atom. The fraction of sp³-hybridized carbons (Fsp3) is 0.889. The Labute approximate surface area is 74.7 Å². The molecule has 0 aliphatic carbocycles. The number of rotatable bonds is 3. The molecule has 0 aliphatic heterocycles. The lowest BCUT2D eigenvalue weighted by molar-refractivity contribution is -0.121. The quantitative estimate of drug-likeness (QED) is 0.664. The van der Waals surface area contributed by atoms with Gasteiger partial charge in [-0.15, -0.1) is 0 Å². The molecule has 0 saturated heterocycles. The normalized spacial score (nSPS) is 14.1. The van der Waals surface area contributed by atoms with Crippen LogP contribution in [0.2, 0.25) is 0 Å². The molecule has 3 N–H and O–H groups in total. The van der Waals surface area contributed by atoms with E-state index < -0.39 is 0 Å². The Morgan fingerprint density at radius 3 is 2.25 bits per heavy atom. The fourth-order valence-electron chi connectivity index (χ4n) is 1.18. The molecule has 0 spiro atoms. The average molecular weight is 172 g/mol. The number of carbonyl (C=O) groups excluding carboxylic acids is 1. The third-order valence-corrected chi connectivity index (χ3v) is 1.97. The number of nitrogens with one attached hydrogen (secondary N) is 1. The van der Waals surface area contributed by atoms with Crippen LogP contribution in [-0.2, 0) is 4.79 Å². The molecular weight excluding hydrogens is 152 g/mol. The van der Waals surface area contributed by atoms with Crippen LogP contribution < -0.4 is 11.1 Å². The van der Waals surface area contributed by atoms with E-state index in [1.807, 2.05) is 0 Å². The van der Waals surface area contributed by atoms with Crippen LogP contribution >= 0.6 is 0 Å². The highest BCUT2D eigenvalue weighted by Crippen LogP contribution is 2.21. The largest absolute Gasteiger partial charge is 0.352 e. The van der Waals surface area contributed by atoms with Crippen molar-refractivity contribution >= 4 is 5.91 Å². The second kappa shape index (κ2) is 4.45. The summed E-state index contributed by atoms with van der Waals surface area (Å²) in [4.78, 5) is 11.0. The number of carbonyl (C=O) groups is 1. The van der Waals surface area contributed by atoms with Gasteiger partial charge in [0, 0.05) is 6.04 Å². The summed E-state index contributed by atoms with van der Waals surface area (Å²) < 4.78 is 0. The van der Waals surface area contributed by atoms with Crippen molar-refractivity contribution in [3.63, 3.8) is 0 Å². The van der Waals surface area contributed by atoms with Crippen molar-refractivity contribution in [2.75, 3.05) is 6.54 Å². The standard InChI is InChI=1S/C9H20N2O/c1-5-7(9(2,3)4)11-8(12)6-10/h7H,5-6,10H2,1-4H3,(H,11,12). The van der Waals surface area contributed by atoms with Crippen molar-refractivity contribution in [2.45, 2.75) is 40.2 Å². The maximum atomic E-state index is 11.0. The zero-order valence-electron chi connectivity index (χ0n) is 8.48. The van der Waals surface area contributed by atoms with Gasteiger partial charge >= 0.3 is 0 Å². The van der Waals surface area contributed by atoms with E-state index in [1.165, 1.54) is 0 Å². The molecule has 12 heavy (non-hydrogen) atoms. The van der Waals surface area contributed by atoms with Gasteiger partial charge in [0.1, 0.15) is 0 Å². The number of nitrogens with two attached hydrogens (primary N) is 1. The molecule has 0 saturated carbocycles. The van der Waals surface area contributed by atoms with Crippen molar-refractivity contribution in [2.24, 2.45) is 11.1 Å². The highest BCUT2D eigenvalue weighted by atomic mass is 16.1. The van der Waals surface area contributed by atoms with Crippen LogP contribution in [0.4, 0.5) is 0 Å².